The number of hydrogen-bond acceptors (Lipinski definition) is 4. The van der Waals surface area contributed by atoms with Crippen molar-refractivity contribution in [1.29, 1.82) is 0 Å². The normalized spacial score (nSPS) is 28.9. The lowest BCUT2D eigenvalue weighted by atomic mass is 9.78. The van der Waals surface area contributed by atoms with Gasteiger partial charge in [-0.1, -0.05) is 0 Å². The highest BCUT2D eigenvalue weighted by molar-refractivity contribution is 5.76. The minimum atomic E-state index is -1.20. The van der Waals surface area contributed by atoms with Crippen LogP contribution in [0.2, 0.25) is 0 Å². The average Bonchev–Trinajstić information content (AvgIpc) is 2.19. The molecule has 1 aliphatic rings. The van der Waals surface area contributed by atoms with Gasteiger partial charge in [0.05, 0.1) is 18.1 Å². The maximum absolute atomic E-state index is 11.8. The van der Waals surface area contributed by atoms with Crippen LogP contribution >= 0.6 is 0 Å². The fourth-order valence-electron chi connectivity index (χ4n) is 1.78. The number of aliphatic hydroxyl groups excluding tert-OH is 1. The smallest absolute Gasteiger partial charge is 0.410 e. The molecule has 0 aromatic rings. The Labute approximate surface area is 107 Å². The Morgan fingerprint density at radius 2 is 1.94 bits per heavy atom. The van der Waals surface area contributed by atoms with Crippen LogP contribution in [0.15, 0.2) is 0 Å². The number of nitrogens with zero attached hydrogens (tertiary/aromatic N) is 1. The van der Waals surface area contributed by atoms with Gasteiger partial charge in [0.25, 0.3) is 0 Å². The van der Waals surface area contributed by atoms with Crippen LogP contribution in [0.5, 0.6) is 0 Å². The van der Waals surface area contributed by atoms with Gasteiger partial charge < -0.3 is 19.8 Å². The molecule has 1 heterocycles. The number of β-amino-alcohol motifs (C(OH)–C–C–N with tert-alkyl or cyclic N) is 1. The van der Waals surface area contributed by atoms with E-state index in [0.717, 1.165) is 0 Å². The summed E-state index contributed by atoms with van der Waals surface area (Å²) in [6.45, 7) is 7.02. The summed E-state index contributed by atoms with van der Waals surface area (Å²) < 4.78 is 5.18. The number of carboxylic acids is 1. The predicted molar refractivity (Wildman–Crippen MR) is 64.2 cm³/mol. The van der Waals surface area contributed by atoms with Crippen LogP contribution in [0.1, 0.15) is 34.1 Å². The molecule has 1 amide bonds. The summed E-state index contributed by atoms with van der Waals surface area (Å²) in [5.41, 5.74) is -1.80. The lowest BCUT2D eigenvalue weighted by molar-refractivity contribution is -0.160. The molecule has 0 bridgehead atoms. The number of carbonyl (C=O) groups is 2. The second-order valence-corrected chi connectivity index (χ2v) is 5.91. The Kier molecular flexibility index (Phi) is 3.90. The summed E-state index contributed by atoms with van der Waals surface area (Å²) >= 11 is 0. The van der Waals surface area contributed by atoms with Gasteiger partial charge in [0.2, 0.25) is 0 Å². The summed E-state index contributed by atoms with van der Waals surface area (Å²) in [6.07, 6.45) is -1.40. The van der Waals surface area contributed by atoms with Gasteiger partial charge >= 0.3 is 12.1 Å². The van der Waals surface area contributed by atoms with E-state index in [9.17, 15) is 14.7 Å². The monoisotopic (exact) mass is 259 g/mol. The summed E-state index contributed by atoms with van der Waals surface area (Å²) in [4.78, 5) is 24.2. The molecule has 0 aromatic carbocycles. The van der Waals surface area contributed by atoms with E-state index < -0.39 is 29.2 Å². The quantitative estimate of drug-likeness (QED) is 0.735. The van der Waals surface area contributed by atoms with Crippen molar-refractivity contribution in [2.24, 2.45) is 5.41 Å². The first-order chi connectivity index (χ1) is 8.06. The molecule has 104 valence electrons. The van der Waals surface area contributed by atoms with Crippen LogP contribution in [-0.2, 0) is 9.53 Å². The van der Waals surface area contributed by atoms with E-state index in [1.165, 1.54) is 11.8 Å². The van der Waals surface area contributed by atoms with E-state index in [0.29, 0.717) is 0 Å². The first kappa shape index (κ1) is 14.8. The molecule has 6 nitrogen and oxygen atoms in total. The number of likely N-dealkylation sites (tertiary alicyclic amines) is 1. The van der Waals surface area contributed by atoms with E-state index in [-0.39, 0.29) is 19.5 Å². The molecule has 1 aliphatic heterocycles. The number of carboxylic acid groups (broad SMARTS) is 1. The van der Waals surface area contributed by atoms with E-state index in [1.54, 1.807) is 20.8 Å². The lowest BCUT2D eigenvalue weighted by Crippen LogP contribution is -2.55. The van der Waals surface area contributed by atoms with Gasteiger partial charge in [-0.05, 0) is 34.1 Å². The fraction of sp³-hybridized carbons (Fsp3) is 0.833. The molecule has 0 spiro atoms. The maximum atomic E-state index is 11.8. The molecule has 18 heavy (non-hydrogen) atoms. The number of piperidine rings is 1. The largest absolute Gasteiger partial charge is 0.481 e. The molecule has 0 aromatic heterocycles. The average molecular weight is 259 g/mol. The van der Waals surface area contributed by atoms with Crippen molar-refractivity contribution in [3.63, 3.8) is 0 Å². The fourth-order valence-corrected chi connectivity index (χ4v) is 1.78. The number of ether oxygens (including phenoxy) is 1. The molecule has 0 aliphatic carbocycles. The van der Waals surface area contributed by atoms with Crippen LogP contribution in [0, 0.1) is 5.41 Å². The minimum Gasteiger partial charge on any atom is -0.481 e. The number of amides is 1. The third kappa shape index (κ3) is 3.13. The molecular formula is C12H21NO5. The Hall–Kier alpha value is -1.30. The third-order valence-electron chi connectivity index (χ3n) is 3.17. The highest BCUT2D eigenvalue weighted by Crippen LogP contribution is 2.32. The Balaban J connectivity index is 2.67. The van der Waals surface area contributed by atoms with Crippen LogP contribution in [-0.4, -0.2) is 52.0 Å². The molecule has 1 saturated heterocycles. The number of hydrogen-bond donors (Lipinski definition) is 2. The van der Waals surface area contributed by atoms with Gasteiger partial charge in [-0.25, -0.2) is 4.79 Å². The lowest BCUT2D eigenvalue weighted by Gasteiger charge is -2.40. The zero-order valence-electron chi connectivity index (χ0n) is 11.3. The number of aliphatic hydroxyl groups is 1. The summed E-state index contributed by atoms with van der Waals surface area (Å²) in [6, 6.07) is 0. The van der Waals surface area contributed by atoms with Gasteiger partial charge in [0.15, 0.2) is 0 Å². The number of aliphatic carboxylic acids is 1. The predicted octanol–water partition coefficient (Wildman–Crippen LogP) is 1.08. The van der Waals surface area contributed by atoms with Crippen molar-refractivity contribution in [3.05, 3.63) is 0 Å². The van der Waals surface area contributed by atoms with Crippen molar-refractivity contribution in [3.8, 4) is 0 Å². The van der Waals surface area contributed by atoms with Gasteiger partial charge in [-0.2, -0.15) is 0 Å². The first-order valence-corrected chi connectivity index (χ1v) is 5.95. The number of carbonyl (C=O) groups excluding carboxylic acids is 1. The van der Waals surface area contributed by atoms with E-state index in [1.807, 2.05) is 0 Å². The molecule has 1 rings (SSSR count). The maximum Gasteiger partial charge on any atom is 0.410 e. The second kappa shape index (κ2) is 4.76. The highest BCUT2D eigenvalue weighted by atomic mass is 16.6. The van der Waals surface area contributed by atoms with Crippen LogP contribution in [0.3, 0.4) is 0 Å². The van der Waals surface area contributed by atoms with Gasteiger partial charge in [0.1, 0.15) is 5.60 Å². The Morgan fingerprint density at radius 1 is 1.39 bits per heavy atom. The van der Waals surface area contributed by atoms with Crippen molar-refractivity contribution >= 4 is 12.1 Å². The van der Waals surface area contributed by atoms with E-state index >= 15 is 0 Å². The Morgan fingerprint density at radius 3 is 2.33 bits per heavy atom. The molecule has 1 fully saturated rings. The molecule has 0 unspecified atom stereocenters. The van der Waals surface area contributed by atoms with Crippen molar-refractivity contribution < 1.29 is 24.5 Å². The van der Waals surface area contributed by atoms with Crippen molar-refractivity contribution in [1.82, 2.24) is 4.90 Å². The van der Waals surface area contributed by atoms with E-state index in [2.05, 4.69) is 0 Å². The third-order valence-corrected chi connectivity index (χ3v) is 3.17. The highest BCUT2D eigenvalue weighted by Gasteiger charge is 2.46. The molecule has 0 saturated carbocycles. The molecule has 2 atom stereocenters. The van der Waals surface area contributed by atoms with Crippen LogP contribution in [0.25, 0.3) is 0 Å². The van der Waals surface area contributed by atoms with Gasteiger partial charge in [-0.3, -0.25) is 4.79 Å². The summed E-state index contributed by atoms with van der Waals surface area (Å²) in [7, 11) is 0. The summed E-state index contributed by atoms with van der Waals surface area (Å²) in [5.74, 6) is -1.04. The van der Waals surface area contributed by atoms with Crippen molar-refractivity contribution in [2.45, 2.75) is 45.8 Å². The first-order valence-electron chi connectivity index (χ1n) is 5.95. The second-order valence-electron chi connectivity index (χ2n) is 5.91. The van der Waals surface area contributed by atoms with Crippen LogP contribution in [0.4, 0.5) is 4.79 Å². The molecule has 0 radical (unpaired) electrons. The minimum absolute atomic E-state index is 0.0162. The van der Waals surface area contributed by atoms with Crippen LogP contribution < -0.4 is 0 Å². The zero-order chi connectivity index (χ0) is 14.1. The van der Waals surface area contributed by atoms with E-state index in [4.69, 9.17) is 9.84 Å². The van der Waals surface area contributed by atoms with Crippen molar-refractivity contribution in [2.75, 3.05) is 13.1 Å². The Bertz CT molecular complexity index is 349. The molecular weight excluding hydrogens is 238 g/mol. The summed E-state index contributed by atoms with van der Waals surface area (Å²) in [5, 5.41) is 19.0. The number of rotatable bonds is 1. The molecule has 2 N–H and O–H groups in total. The SMILES string of the molecule is CC(C)(C)OC(=O)N1CC[C@@](C)(C(=O)O)[C@H](O)C1. The van der Waals surface area contributed by atoms with Gasteiger partial charge in [0, 0.05) is 6.54 Å². The zero-order valence-corrected chi connectivity index (χ0v) is 11.3. The van der Waals surface area contributed by atoms with Gasteiger partial charge in [-0.15, -0.1) is 0 Å². The standard InChI is InChI=1S/C12H21NO5/c1-11(2,3)18-10(17)13-6-5-12(4,9(15)16)8(14)7-13/h8,14H,5-7H2,1-4H3,(H,15,16)/t8-,12-/m1/s1. The topological polar surface area (TPSA) is 87.1 Å². The molecule has 6 heteroatoms.